The number of nitrogens with two attached hydrogens (primary N) is 1. The summed E-state index contributed by atoms with van der Waals surface area (Å²) in [5.41, 5.74) is 8.31. The van der Waals surface area contributed by atoms with E-state index in [9.17, 15) is 4.79 Å². The molecule has 0 radical (unpaired) electrons. The van der Waals surface area contributed by atoms with E-state index >= 15 is 0 Å². The average Bonchev–Trinajstić information content (AvgIpc) is 2.87. The maximum Gasteiger partial charge on any atom is 0.260 e. The SMILES string of the molecule is Nc1cc2c(cc1Sc1ncco1)NC(=O)C2. The molecule has 1 aliphatic rings. The molecule has 0 fully saturated rings. The van der Waals surface area contributed by atoms with Gasteiger partial charge >= 0.3 is 0 Å². The summed E-state index contributed by atoms with van der Waals surface area (Å²) in [5.74, 6) is -0.00215. The monoisotopic (exact) mass is 247 g/mol. The van der Waals surface area contributed by atoms with Gasteiger partial charge in [-0.15, -0.1) is 0 Å². The van der Waals surface area contributed by atoms with Crippen LogP contribution in [0, 0.1) is 0 Å². The fraction of sp³-hybridized carbons (Fsp3) is 0.0909. The number of rotatable bonds is 2. The van der Waals surface area contributed by atoms with Crippen LogP contribution < -0.4 is 11.1 Å². The number of benzene rings is 1. The summed E-state index contributed by atoms with van der Waals surface area (Å²) in [7, 11) is 0. The molecule has 17 heavy (non-hydrogen) atoms. The molecular formula is C11H9N3O2S. The van der Waals surface area contributed by atoms with Crippen molar-refractivity contribution < 1.29 is 9.21 Å². The van der Waals surface area contributed by atoms with Gasteiger partial charge in [0.15, 0.2) is 0 Å². The van der Waals surface area contributed by atoms with Crippen LogP contribution in [0.4, 0.5) is 11.4 Å². The second-order valence-corrected chi connectivity index (χ2v) is 4.67. The van der Waals surface area contributed by atoms with Crippen LogP contribution in [0.2, 0.25) is 0 Å². The number of carbonyl (C=O) groups excluding carboxylic acids is 1. The van der Waals surface area contributed by atoms with Gasteiger partial charge in [0.25, 0.3) is 5.22 Å². The molecule has 5 nitrogen and oxygen atoms in total. The van der Waals surface area contributed by atoms with E-state index in [1.807, 2.05) is 12.1 Å². The molecule has 0 aliphatic carbocycles. The quantitative estimate of drug-likeness (QED) is 0.792. The van der Waals surface area contributed by atoms with Crippen molar-refractivity contribution in [2.45, 2.75) is 16.5 Å². The lowest BCUT2D eigenvalue weighted by Crippen LogP contribution is -2.03. The Morgan fingerprint density at radius 1 is 1.47 bits per heavy atom. The van der Waals surface area contributed by atoms with Crippen molar-refractivity contribution in [2.24, 2.45) is 0 Å². The molecule has 1 aromatic carbocycles. The Hall–Kier alpha value is -1.95. The summed E-state index contributed by atoms with van der Waals surface area (Å²) in [6, 6.07) is 3.67. The molecule has 0 saturated heterocycles. The third-order valence-corrected chi connectivity index (χ3v) is 3.42. The van der Waals surface area contributed by atoms with E-state index < -0.39 is 0 Å². The lowest BCUT2D eigenvalue weighted by Gasteiger charge is -2.06. The zero-order chi connectivity index (χ0) is 11.8. The van der Waals surface area contributed by atoms with E-state index in [0.29, 0.717) is 17.3 Å². The fourth-order valence-electron chi connectivity index (χ4n) is 1.72. The third kappa shape index (κ3) is 1.87. The number of nitrogens with zero attached hydrogens (tertiary/aromatic N) is 1. The smallest absolute Gasteiger partial charge is 0.260 e. The van der Waals surface area contributed by atoms with E-state index in [1.165, 1.54) is 18.0 Å². The van der Waals surface area contributed by atoms with Crippen molar-refractivity contribution in [3.8, 4) is 0 Å². The highest BCUT2D eigenvalue weighted by molar-refractivity contribution is 7.99. The highest BCUT2D eigenvalue weighted by atomic mass is 32.2. The van der Waals surface area contributed by atoms with E-state index in [2.05, 4.69) is 10.3 Å². The standard InChI is InChI=1S/C11H9N3O2S/c12-7-3-6-4-10(15)14-8(6)5-9(7)17-11-13-1-2-16-11/h1-3,5H,4,12H2,(H,14,15). The molecule has 0 spiro atoms. The van der Waals surface area contributed by atoms with Gasteiger partial charge in [0.2, 0.25) is 5.91 Å². The first-order valence-corrected chi connectivity index (χ1v) is 5.83. The molecule has 3 rings (SSSR count). The van der Waals surface area contributed by atoms with Crippen molar-refractivity contribution >= 4 is 29.0 Å². The molecule has 0 bridgehead atoms. The molecule has 0 saturated carbocycles. The van der Waals surface area contributed by atoms with Gasteiger partial charge in [0.1, 0.15) is 6.26 Å². The van der Waals surface area contributed by atoms with Crippen molar-refractivity contribution in [2.75, 3.05) is 11.1 Å². The van der Waals surface area contributed by atoms with Crippen LogP contribution in [0.5, 0.6) is 0 Å². The van der Waals surface area contributed by atoms with Crippen LogP contribution >= 0.6 is 11.8 Å². The summed E-state index contributed by atoms with van der Waals surface area (Å²) in [5, 5.41) is 3.31. The Morgan fingerprint density at radius 2 is 2.35 bits per heavy atom. The van der Waals surface area contributed by atoms with Crippen LogP contribution in [-0.4, -0.2) is 10.9 Å². The molecule has 3 N–H and O–H groups in total. The lowest BCUT2D eigenvalue weighted by atomic mass is 10.1. The molecule has 1 amide bonds. The summed E-state index contributed by atoms with van der Waals surface area (Å²) in [4.78, 5) is 16.1. The van der Waals surface area contributed by atoms with Crippen molar-refractivity contribution in [3.05, 3.63) is 30.2 Å². The predicted molar refractivity (Wildman–Crippen MR) is 63.8 cm³/mol. The summed E-state index contributed by atoms with van der Waals surface area (Å²) in [6.45, 7) is 0. The second kappa shape index (κ2) is 3.81. The number of hydrogen-bond acceptors (Lipinski definition) is 5. The molecule has 2 aromatic rings. The first-order valence-electron chi connectivity index (χ1n) is 5.02. The van der Waals surface area contributed by atoms with Gasteiger partial charge < -0.3 is 15.5 Å². The Kier molecular flexibility index (Phi) is 2.29. The average molecular weight is 247 g/mol. The van der Waals surface area contributed by atoms with E-state index in [4.69, 9.17) is 10.2 Å². The van der Waals surface area contributed by atoms with Gasteiger partial charge in [-0.05, 0) is 29.5 Å². The highest BCUT2D eigenvalue weighted by Crippen LogP contribution is 2.36. The number of oxazole rings is 1. The molecule has 0 atom stereocenters. The number of fused-ring (bicyclic) bond motifs is 1. The second-order valence-electron chi connectivity index (χ2n) is 3.67. The number of nitrogens with one attached hydrogen (secondary N) is 1. The number of amides is 1. The number of anilines is 2. The van der Waals surface area contributed by atoms with Gasteiger partial charge in [-0.1, -0.05) is 0 Å². The molecular weight excluding hydrogens is 238 g/mol. The van der Waals surface area contributed by atoms with Gasteiger partial charge in [-0.25, -0.2) is 4.98 Å². The largest absolute Gasteiger partial charge is 0.440 e. The lowest BCUT2D eigenvalue weighted by molar-refractivity contribution is -0.115. The Bertz CT molecular complexity index is 581. The summed E-state index contributed by atoms with van der Waals surface area (Å²) < 4.78 is 5.14. The molecule has 0 unspecified atom stereocenters. The van der Waals surface area contributed by atoms with Crippen LogP contribution in [-0.2, 0) is 11.2 Å². The number of nitrogen functional groups attached to an aromatic ring is 1. The normalized spacial score (nSPS) is 13.5. The Morgan fingerprint density at radius 3 is 3.12 bits per heavy atom. The van der Waals surface area contributed by atoms with Gasteiger partial charge in [0.05, 0.1) is 12.6 Å². The Labute approximate surface area is 101 Å². The minimum absolute atomic E-state index is 0.00215. The van der Waals surface area contributed by atoms with Crippen LogP contribution in [0.3, 0.4) is 0 Å². The van der Waals surface area contributed by atoms with Crippen molar-refractivity contribution in [1.29, 1.82) is 0 Å². The van der Waals surface area contributed by atoms with E-state index in [1.54, 1.807) is 6.20 Å². The van der Waals surface area contributed by atoms with Crippen LogP contribution in [0.1, 0.15) is 5.56 Å². The van der Waals surface area contributed by atoms with E-state index in [0.717, 1.165) is 16.1 Å². The molecule has 1 aliphatic heterocycles. The topological polar surface area (TPSA) is 81.2 Å². The number of aromatic nitrogens is 1. The van der Waals surface area contributed by atoms with Crippen LogP contribution in [0.25, 0.3) is 0 Å². The van der Waals surface area contributed by atoms with Gasteiger partial charge in [-0.2, -0.15) is 0 Å². The van der Waals surface area contributed by atoms with Gasteiger partial charge in [0, 0.05) is 16.3 Å². The summed E-state index contributed by atoms with van der Waals surface area (Å²) in [6.07, 6.45) is 3.48. The van der Waals surface area contributed by atoms with Crippen molar-refractivity contribution in [1.82, 2.24) is 4.98 Å². The third-order valence-electron chi connectivity index (χ3n) is 2.47. The minimum atomic E-state index is -0.00215. The maximum atomic E-state index is 11.2. The number of carbonyl (C=O) groups is 1. The van der Waals surface area contributed by atoms with Gasteiger partial charge in [-0.3, -0.25) is 4.79 Å². The first-order chi connectivity index (χ1) is 8.22. The Balaban J connectivity index is 1.96. The fourth-order valence-corrected chi connectivity index (χ4v) is 2.48. The molecule has 1 aromatic heterocycles. The minimum Gasteiger partial charge on any atom is -0.440 e. The summed E-state index contributed by atoms with van der Waals surface area (Å²) >= 11 is 1.33. The molecule has 2 heterocycles. The first kappa shape index (κ1) is 10.2. The molecule has 6 heteroatoms. The molecule has 86 valence electrons. The van der Waals surface area contributed by atoms with Crippen LogP contribution in [0.15, 0.2) is 39.1 Å². The zero-order valence-electron chi connectivity index (χ0n) is 8.77. The van der Waals surface area contributed by atoms with E-state index in [-0.39, 0.29) is 5.91 Å². The number of hydrogen-bond donors (Lipinski definition) is 2. The van der Waals surface area contributed by atoms with Crippen molar-refractivity contribution in [3.63, 3.8) is 0 Å². The predicted octanol–water partition coefficient (Wildman–Crippen LogP) is 1.90. The zero-order valence-corrected chi connectivity index (χ0v) is 9.58. The maximum absolute atomic E-state index is 11.2. The highest BCUT2D eigenvalue weighted by Gasteiger charge is 2.20.